The zero-order valence-electron chi connectivity index (χ0n) is 9.37. The molecule has 1 aliphatic rings. The minimum absolute atomic E-state index is 0.0439. The first-order chi connectivity index (χ1) is 7.18. The Bertz CT molecular complexity index is 188. The van der Waals surface area contributed by atoms with Crippen LogP contribution < -0.4 is 5.32 Å². The summed E-state index contributed by atoms with van der Waals surface area (Å²) in [6.07, 6.45) is 3.19. The second-order valence-corrected chi connectivity index (χ2v) is 4.25. The zero-order valence-corrected chi connectivity index (χ0v) is 9.37. The molecule has 15 heavy (non-hydrogen) atoms. The Kier molecular flexibility index (Phi) is 5.65. The minimum Gasteiger partial charge on any atom is -0.392 e. The molecule has 1 rings (SSSR count). The molecule has 0 radical (unpaired) electrons. The molecule has 88 valence electrons. The van der Waals surface area contributed by atoms with Gasteiger partial charge in [0.2, 0.25) is 5.91 Å². The van der Waals surface area contributed by atoms with E-state index >= 15 is 0 Å². The van der Waals surface area contributed by atoms with Crippen molar-refractivity contribution in [1.82, 2.24) is 5.32 Å². The lowest BCUT2D eigenvalue weighted by molar-refractivity contribution is -0.122. The molecule has 1 fully saturated rings. The first kappa shape index (κ1) is 12.5. The number of nitrogens with one attached hydrogen (secondary N) is 1. The summed E-state index contributed by atoms with van der Waals surface area (Å²) >= 11 is 0. The standard InChI is InChI=1S/C11H21NO3/c1-9(13)8-12-11(14)3-2-10-4-6-15-7-5-10/h9-10,13H,2-8H2,1H3,(H,12,14). The highest BCUT2D eigenvalue weighted by molar-refractivity contribution is 5.75. The van der Waals surface area contributed by atoms with Crippen LogP contribution in [0.1, 0.15) is 32.6 Å². The number of aliphatic hydroxyl groups is 1. The van der Waals surface area contributed by atoms with Crippen LogP contribution in [0.3, 0.4) is 0 Å². The quantitative estimate of drug-likeness (QED) is 0.709. The molecule has 0 aromatic rings. The fraction of sp³-hybridized carbons (Fsp3) is 0.909. The van der Waals surface area contributed by atoms with Crippen LogP contribution in [-0.4, -0.2) is 36.9 Å². The maximum atomic E-state index is 11.3. The fourth-order valence-electron chi connectivity index (χ4n) is 1.72. The van der Waals surface area contributed by atoms with Gasteiger partial charge in [0.15, 0.2) is 0 Å². The largest absolute Gasteiger partial charge is 0.392 e. The van der Waals surface area contributed by atoms with Crippen molar-refractivity contribution >= 4 is 5.91 Å². The lowest BCUT2D eigenvalue weighted by Crippen LogP contribution is -2.31. The van der Waals surface area contributed by atoms with Crippen molar-refractivity contribution in [2.45, 2.75) is 38.7 Å². The van der Waals surface area contributed by atoms with Gasteiger partial charge in [-0.2, -0.15) is 0 Å². The number of carbonyl (C=O) groups is 1. The molecule has 1 amide bonds. The lowest BCUT2D eigenvalue weighted by Gasteiger charge is -2.21. The van der Waals surface area contributed by atoms with Crippen LogP contribution in [0.4, 0.5) is 0 Å². The first-order valence-electron chi connectivity index (χ1n) is 5.71. The number of hydrogen-bond donors (Lipinski definition) is 2. The predicted molar refractivity (Wildman–Crippen MR) is 57.5 cm³/mol. The van der Waals surface area contributed by atoms with E-state index in [-0.39, 0.29) is 5.91 Å². The Morgan fingerprint density at radius 2 is 2.20 bits per heavy atom. The summed E-state index contributed by atoms with van der Waals surface area (Å²) in [6, 6.07) is 0. The summed E-state index contributed by atoms with van der Waals surface area (Å²) in [5, 5.41) is 11.7. The van der Waals surface area contributed by atoms with Gasteiger partial charge in [-0.15, -0.1) is 0 Å². The van der Waals surface area contributed by atoms with Crippen LogP contribution in [0.2, 0.25) is 0 Å². The highest BCUT2D eigenvalue weighted by Gasteiger charge is 2.15. The third-order valence-electron chi connectivity index (χ3n) is 2.72. The van der Waals surface area contributed by atoms with Crippen LogP contribution >= 0.6 is 0 Å². The van der Waals surface area contributed by atoms with Crippen molar-refractivity contribution in [1.29, 1.82) is 0 Å². The molecule has 1 unspecified atom stereocenters. The summed E-state index contributed by atoms with van der Waals surface area (Å²) in [6.45, 7) is 3.69. The number of rotatable bonds is 5. The predicted octanol–water partition coefficient (Wildman–Crippen LogP) is 0.690. The number of aliphatic hydroxyl groups excluding tert-OH is 1. The molecular formula is C11H21NO3. The number of amides is 1. The molecule has 0 bridgehead atoms. The maximum Gasteiger partial charge on any atom is 0.220 e. The summed E-state index contributed by atoms with van der Waals surface area (Å²) in [4.78, 5) is 11.3. The van der Waals surface area contributed by atoms with Gasteiger partial charge in [0.1, 0.15) is 0 Å². The van der Waals surface area contributed by atoms with Gasteiger partial charge in [-0.25, -0.2) is 0 Å². The Balaban J connectivity index is 2.05. The molecule has 1 aliphatic heterocycles. The van der Waals surface area contributed by atoms with Crippen molar-refractivity contribution in [3.05, 3.63) is 0 Å². The van der Waals surface area contributed by atoms with E-state index in [1.807, 2.05) is 0 Å². The Morgan fingerprint density at radius 1 is 1.53 bits per heavy atom. The van der Waals surface area contributed by atoms with Gasteiger partial charge in [0.05, 0.1) is 6.10 Å². The average Bonchev–Trinajstić information content (AvgIpc) is 2.25. The molecule has 0 aromatic carbocycles. The van der Waals surface area contributed by atoms with Crippen molar-refractivity contribution in [2.24, 2.45) is 5.92 Å². The second-order valence-electron chi connectivity index (χ2n) is 4.25. The van der Waals surface area contributed by atoms with E-state index in [1.54, 1.807) is 6.92 Å². The van der Waals surface area contributed by atoms with Crippen LogP contribution in [0.15, 0.2) is 0 Å². The Labute approximate surface area is 91.0 Å². The van der Waals surface area contributed by atoms with Crippen LogP contribution in [0.25, 0.3) is 0 Å². The fourth-order valence-corrected chi connectivity index (χ4v) is 1.72. The SMILES string of the molecule is CC(O)CNC(=O)CCC1CCOCC1. The highest BCUT2D eigenvalue weighted by Crippen LogP contribution is 2.19. The normalized spacial score (nSPS) is 19.9. The monoisotopic (exact) mass is 215 g/mol. The van der Waals surface area contributed by atoms with Gasteiger partial charge >= 0.3 is 0 Å². The molecule has 2 N–H and O–H groups in total. The van der Waals surface area contributed by atoms with E-state index < -0.39 is 6.10 Å². The van der Waals surface area contributed by atoms with Crippen LogP contribution in [-0.2, 0) is 9.53 Å². The van der Waals surface area contributed by atoms with Crippen molar-refractivity contribution in [3.8, 4) is 0 Å². The molecular weight excluding hydrogens is 194 g/mol. The molecule has 0 spiro atoms. The summed E-state index contributed by atoms with van der Waals surface area (Å²) in [5.41, 5.74) is 0. The van der Waals surface area contributed by atoms with E-state index in [0.717, 1.165) is 32.5 Å². The molecule has 4 heteroatoms. The van der Waals surface area contributed by atoms with Crippen molar-refractivity contribution in [2.75, 3.05) is 19.8 Å². The van der Waals surface area contributed by atoms with Crippen LogP contribution in [0, 0.1) is 5.92 Å². The average molecular weight is 215 g/mol. The molecule has 0 aliphatic carbocycles. The second kappa shape index (κ2) is 6.80. The number of carbonyl (C=O) groups excluding carboxylic acids is 1. The van der Waals surface area contributed by atoms with E-state index in [1.165, 1.54) is 0 Å². The van der Waals surface area contributed by atoms with Gasteiger partial charge in [-0.3, -0.25) is 4.79 Å². The van der Waals surface area contributed by atoms with Crippen molar-refractivity contribution in [3.63, 3.8) is 0 Å². The molecule has 0 saturated carbocycles. The third kappa shape index (κ3) is 5.74. The number of ether oxygens (including phenoxy) is 1. The molecule has 1 saturated heterocycles. The van der Waals surface area contributed by atoms with Gasteiger partial charge in [0.25, 0.3) is 0 Å². The molecule has 1 atom stereocenters. The Hall–Kier alpha value is -0.610. The Morgan fingerprint density at radius 3 is 2.80 bits per heavy atom. The van der Waals surface area contributed by atoms with Crippen LogP contribution in [0.5, 0.6) is 0 Å². The summed E-state index contributed by atoms with van der Waals surface area (Å²) in [7, 11) is 0. The minimum atomic E-state index is -0.461. The van der Waals surface area contributed by atoms with E-state index in [2.05, 4.69) is 5.32 Å². The molecule has 0 aromatic heterocycles. The molecule has 1 heterocycles. The van der Waals surface area contributed by atoms with E-state index in [0.29, 0.717) is 18.9 Å². The zero-order chi connectivity index (χ0) is 11.1. The third-order valence-corrected chi connectivity index (χ3v) is 2.72. The first-order valence-corrected chi connectivity index (χ1v) is 5.71. The lowest BCUT2D eigenvalue weighted by atomic mass is 9.95. The van der Waals surface area contributed by atoms with Crippen molar-refractivity contribution < 1.29 is 14.6 Å². The topological polar surface area (TPSA) is 58.6 Å². The summed E-state index contributed by atoms with van der Waals surface area (Å²) < 4.78 is 5.25. The number of hydrogen-bond acceptors (Lipinski definition) is 3. The maximum absolute atomic E-state index is 11.3. The van der Waals surface area contributed by atoms with Gasteiger partial charge in [-0.05, 0) is 32.1 Å². The van der Waals surface area contributed by atoms with Gasteiger partial charge in [-0.1, -0.05) is 0 Å². The van der Waals surface area contributed by atoms with E-state index in [4.69, 9.17) is 9.84 Å². The molecule has 4 nitrogen and oxygen atoms in total. The van der Waals surface area contributed by atoms with Gasteiger partial charge < -0.3 is 15.2 Å². The highest BCUT2D eigenvalue weighted by atomic mass is 16.5. The smallest absolute Gasteiger partial charge is 0.220 e. The van der Waals surface area contributed by atoms with E-state index in [9.17, 15) is 4.79 Å². The summed E-state index contributed by atoms with van der Waals surface area (Å²) in [5.74, 6) is 0.679. The van der Waals surface area contributed by atoms with Gasteiger partial charge in [0, 0.05) is 26.2 Å².